The van der Waals surface area contributed by atoms with Gasteiger partial charge in [0.15, 0.2) is 0 Å². The van der Waals surface area contributed by atoms with Crippen LogP contribution < -0.4 is 5.32 Å². The summed E-state index contributed by atoms with van der Waals surface area (Å²) < 4.78 is 0. The number of nitrogens with one attached hydrogen (secondary N) is 1. The van der Waals surface area contributed by atoms with Gasteiger partial charge in [-0.05, 0) is 63.0 Å². The third-order valence-corrected chi connectivity index (χ3v) is 6.27. The van der Waals surface area contributed by atoms with Crippen molar-refractivity contribution in [3.05, 3.63) is 47.0 Å². The molecule has 30 heavy (non-hydrogen) atoms. The SMILES string of the molecule is Cc1ccc(CCCNC(=O)C(CC(C)C)N2C(=O)C3CC=CCC3C2=O)c(C)c1. The van der Waals surface area contributed by atoms with Crippen LogP contribution in [0.25, 0.3) is 0 Å². The van der Waals surface area contributed by atoms with Crippen molar-refractivity contribution >= 4 is 17.7 Å². The first-order valence-electron chi connectivity index (χ1n) is 11.1. The number of benzene rings is 1. The highest BCUT2D eigenvalue weighted by atomic mass is 16.2. The summed E-state index contributed by atoms with van der Waals surface area (Å²) >= 11 is 0. The summed E-state index contributed by atoms with van der Waals surface area (Å²) in [6, 6.07) is 5.71. The molecule has 1 N–H and O–H groups in total. The minimum atomic E-state index is -0.711. The predicted octanol–water partition coefficient (Wildman–Crippen LogP) is 3.72. The van der Waals surface area contributed by atoms with E-state index in [0.717, 1.165) is 12.8 Å². The normalized spacial score (nSPS) is 21.8. The maximum atomic E-state index is 13.0. The molecule has 1 heterocycles. The van der Waals surface area contributed by atoms with Gasteiger partial charge in [0.05, 0.1) is 11.8 Å². The monoisotopic (exact) mass is 410 g/mol. The first-order chi connectivity index (χ1) is 14.3. The molecule has 5 nitrogen and oxygen atoms in total. The number of carbonyl (C=O) groups is 3. The number of hydrogen-bond acceptors (Lipinski definition) is 3. The van der Waals surface area contributed by atoms with Gasteiger partial charge in [-0.15, -0.1) is 0 Å². The van der Waals surface area contributed by atoms with E-state index >= 15 is 0 Å². The summed E-state index contributed by atoms with van der Waals surface area (Å²) in [5, 5.41) is 2.99. The number of amides is 3. The lowest BCUT2D eigenvalue weighted by molar-refractivity contribution is -0.148. The number of fused-ring (bicyclic) bond motifs is 1. The molecule has 2 aliphatic rings. The van der Waals surface area contributed by atoms with Crippen LogP contribution in [-0.2, 0) is 20.8 Å². The fourth-order valence-corrected chi connectivity index (χ4v) is 4.64. The Hall–Kier alpha value is -2.43. The van der Waals surface area contributed by atoms with E-state index in [4.69, 9.17) is 0 Å². The van der Waals surface area contributed by atoms with Gasteiger partial charge >= 0.3 is 0 Å². The average Bonchev–Trinajstić information content (AvgIpc) is 2.95. The number of carbonyl (C=O) groups excluding carboxylic acids is 3. The topological polar surface area (TPSA) is 66.5 Å². The molecule has 3 unspecified atom stereocenters. The maximum Gasteiger partial charge on any atom is 0.243 e. The lowest BCUT2D eigenvalue weighted by Crippen LogP contribution is -2.50. The molecule has 1 aliphatic heterocycles. The van der Waals surface area contributed by atoms with Crippen LogP contribution in [0, 0.1) is 31.6 Å². The number of allylic oxidation sites excluding steroid dienone is 2. The van der Waals surface area contributed by atoms with Crippen LogP contribution in [0.2, 0.25) is 0 Å². The Kier molecular flexibility index (Phi) is 7.11. The first kappa shape index (κ1) is 22.3. The van der Waals surface area contributed by atoms with E-state index in [1.54, 1.807) is 0 Å². The van der Waals surface area contributed by atoms with Gasteiger partial charge in [-0.1, -0.05) is 49.8 Å². The Labute approximate surface area is 179 Å². The van der Waals surface area contributed by atoms with Crippen molar-refractivity contribution in [3.63, 3.8) is 0 Å². The summed E-state index contributed by atoms with van der Waals surface area (Å²) in [7, 11) is 0. The van der Waals surface area contributed by atoms with Crippen LogP contribution >= 0.6 is 0 Å². The number of nitrogens with zero attached hydrogens (tertiary/aromatic N) is 1. The lowest BCUT2D eigenvalue weighted by Gasteiger charge is -2.27. The zero-order valence-corrected chi connectivity index (χ0v) is 18.6. The molecule has 1 fully saturated rings. The molecular weight excluding hydrogens is 376 g/mol. The molecule has 1 aliphatic carbocycles. The first-order valence-corrected chi connectivity index (χ1v) is 11.1. The molecule has 3 rings (SSSR count). The summed E-state index contributed by atoms with van der Waals surface area (Å²) in [6.45, 7) is 8.75. The van der Waals surface area contributed by atoms with Crippen molar-refractivity contribution in [2.45, 2.75) is 65.8 Å². The van der Waals surface area contributed by atoms with E-state index in [-0.39, 0.29) is 35.5 Å². The molecule has 3 amide bonds. The second kappa shape index (κ2) is 9.59. The third-order valence-electron chi connectivity index (χ3n) is 6.27. The van der Waals surface area contributed by atoms with Crippen LogP contribution in [0.15, 0.2) is 30.4 Å². The van der Waals surface area contributed by atoms with Gasteiger partial charge < -0.3 is 5.32 Å². The Balaban J connectivity index is 1.61. The van der Waals surface area contributed by atoms with Gasteiger partial charge in [0.2, 0.25) is 17.7 Å². The summed E-state index contributed by atoms with van der Waals surface area (Å²) in [4.78, 5) is 40.2. The van der Waals surface area contributed by atoms with Gasteiger partial charge in [-0.25, -0.2) is 0 Å². The van der Waals surface area contributed by atoms with E-state index in [9.17, 15) is 14.4 Å². The lowest BCUT2D eigenvalue weighted by atomic mass is 9.85. The zero-order chi connectivity index (χ0) is 21.8. The van der Waals surface area contributed by atoms with Crippen molar-refractivity contribution in [1.29, 1.82) is 0 Å². The predicted molar refractivity (Wildman–Crippen MR) is 118 cm³/mol. The highest BCUT2D eigenvalue weighted by Crippen LogP contribution is 2.37. The smallest absolute Gasteiger partial charge is 0.243 e. The molecule has 1 saturated heterocycles. The van der Waals surface area contributed by atoms with Gasteiger partial charge in [0.25, 0.3) is 0 Å². The van der Waals surface area contributed by atoms with Crippen molar-refractivity contribution in [1.82, 2.24) is 10.2 Å². The van der Waals surface area contributed by atoms with Gasteiger partial charge in [0, 0.05) is 6.54 Å². The highest BCUT2D eigenvalue weighted by molar-refractivity contribution is 6.08. The number of rotatable bonds is 8. The quantitative estimate of drug-likeness (QED) is 0.404. The fraction of sp³-hybridized carbons (Fsp3) is 0.560. The van der Waals surface area contributed by atoms with Crippen molar-refractivity contribution in [2.75, 3.05) is 6.54 Å². The minimum absolute atomic E-state index is 0.176. The molecule has 1 aromatic carbocycles. The number of imide groups is 1. The second-order valence-corrected chi connectivity index (χ2v) is 9.17. The molecule has 162 valence electrons. The summed E-state index contributed by atoms with van der Waals surface area (Å²) in [6.07, 6.45) is 7.34. The second-order valence-electron chi connectivity index (χ2n) is 9.17. The number of hydrogen-bond donors (Lipinski definition) is 1. The molecule has 5 heteroatoms. The van der Waals surface area contributed by atoms with Crippen LogP contribution in [0.1, 0.15) is 56.2 Å². The van der Waals surface area contributed by atoms with Crippen molar-refractivity contribution in [3.8, 4) is 0 Å². The fourth-order valence-electron chi connectivity index (χ4n) is 4.64. The number of aryl methyl sites for hydroxylation is 3. The molecule has 0 saturated carbocycles. The standard InChI is InChI=1S/C25H34N2O3/c1-16(2)14-22(27-24(29)20-9-5-6-10-21(20)25(27)30)23(28)26-13-7-8-19-12-11-17(3)15-18(19)4/h5-6,11-12,15-16,20-22H,7-10,13-14H2,1-4H3,(H,26,28). The minimum Gasteiger partial charge on any atom is -0.354 e. The van der Waals surface area contributed by atoms with E-state index in [0.29, 0.717) is 25.8 Å². The van der Waals surface area contributed by atoms with Crippen LogP contribution in [0.4, 0.5) is 0 Å². The molecule has 0 bridgehead atoms. The van der Waals surface area contributed by atoms with E-state index in [1.807, 2.05) is 26.0 Å². The Bertz CT molecular complexity index is 817. The van der Waals surface area contributed by atoms with E-state index in [2.05, 4.69) is 37.4 Å². The van der Waals surface area contributed by atoms with Crippen LogP contribution in [-0.4, -0.2) is 35.2 Å². The Morgan fingerprint density at radius 3 is 2.30 bits per heavy atom. The van der Waals surface area contributed by atoms with Gasteiger partial charge in [0.1, 0.15) is 6.04 Å². The molecule has 1 aromatic rings. The largest absolute Gasteiger partial charge is 0.354 e. The Morgan fingerprint density at radius 2 is 1.73 bits per heavy atom. The number of likely N-dealkylation sites (tertiary alicyclic amines) is 1. The molecule has 0 radical (unpaired) electrons. The van der Waals surface area contributed by atoms with E-state index in [1.165, 1.54) is 21.6 Å². The van der Waals surface area contributed by atoms with Crippen LogP contribution in [0.5, 0.6) is 0 Å². The molecular formula is C25H34N2O3. The molecule has 3 atom stereocenters. The molecule has 0 spiro atoms. The summed E-state index contributed by atoms with van der Waals surface area (Å²) in [5.74, 6) is -0.949. The van der Waals surface area contributed by atoms with E-state index < -0.39 is 6.04 Å². The van der Waals surface area contributed by atoms with Crippen molar-refractivity contribution in [2.24, 2.45) is 17.8 Å². The molecule has 0 aromatic heterocycles. The van der Waals surface area contributed by atoms with Gasteiger partial charge in [-0.2, -0.15) is 0 Å². The Morgan fingerprint density at radius 1 is 1.10 bits per heavy atom. The van der Waals surface area contributed by atoms with Gasteiger partial charge in [-0.3, -0.25) is 19.3 Å². The maximum absolute atomic E-state index is 13.0. The third kappa shape index (κ3) is 4.82. The summed E-state index contributed by atoms with van der Waals surface area (Å²) in [5.41, 5.74) is 3.80. The zero-order valence-electron chi connectivity index (χ0n) is 18.6. The van der Waals surface area contributed by atoms with Crippen molar-refractivity contribution < 1.29 is 14.4 Å². The highest BCUT2D eigenvalue weighted by Gasteiger charge is 2.51. The van der Waals surface area contributed by atoms with Crippen LogP contribution in [0.3, 0.4) is 0 Å². The average molecular weight is 411 g/mol.